The first-order valence-corrected chi connectivity index (χ1v) is 5.10. The molecule has 0 N–H and O–H groups in total. The summed E-state index contributed by atoms with van der Waals surface area (Å²) in [6.07, 6.45) is 0.822. The van der Waals surface area contributed by atoms with Gasteiger partial charge >= 0.3 is 5.97 Å². The predicted molar refractivity (Wildman–Crippen MR) is 55.6 cm³/mol. The summed E-state index contributed by atoms with van der Waals surface area (Å²) in [4.78, 5) is 16.0. The Morgan fingerprint density at radius 1 is 1.40 bits per heavy atom. The smallest absolute Gasteiger partial charge is 0.341 e. The Labute approximate surface area is 87.8 Å². The van der Waals surface area contributed by atoms with Crippen molar-refractivity contribution in [3.8, 4) is 0 Å². The zero-order valence-corrected chi connectivity index (χ0v) is 8.43. The second-order valence-corrected chi connectivity index (χ2v) is 4.20. The van der Waals surface area contributed by atoms with Crippen LogP contribution in [0.4, 0.5) is 0 Å². The van der Waals surface area contributed by atoms with E-state index >= 15 is 0 Å². The molecule has 1 aliphatic heterocycles. The normalized spacial score (nSPS) is 32.7. The number of carbonyl (C=O) groups is 1. The second-order valence-electron chi connectivity index (χ2n) is 4.20. The van der Waals surface area contributed by atoms with Crippen molar-refractivity contribution < 1.29 is 9.53 Å². The molecule has 3 rings (SSSR count). The van der Waals surface area contributed by atoms with E-state index in [0.29, 0.717) is 11.8 Å². The molecule has 15 heavy (non-hydrogen) atoms. The summed E-state index contributed by atoms with van der Waals surface area (Å²) >= 11 is 0. The Hall–Kier alpha value is -1.64. The van der Waals surface area contributed by atoms with Crippen LogP contribution < -0.4 is 0 Å². The molecule has 1 saturated carbocycles. The standard InChI is InChI=1S/C12H11NO2/c1-8-7-12(8)11(14)15-10(13-12)9-5-3-2-4-6-9/h2-6,8H,7H2,1H3/t8-,12-/m0/s1. The summed E-state index contributed by atoms with van der Waals surface area (Å²) in [5.74, 6) is 0.616. The zero-order valence-electron chi connectivity index (χ0n) is 8.43. The van der Waals surface area contributed by atoms with Gasteiger partial charge in [0, 0.05) is 5.56 Å². The van der Waals surface area contributed by atoms with Crippen molar-refractivity contribution >= 4 is 11.9 Å². The monoisotopic (exact) mass is 201 g/mol. The zero-order chi connectivity index (χ0) is 10.5. The Balaban J connectivity index is 1.98. The van der Waals surface area contributed by atoms with E-state index in [1.54, 1.807) is 0 Å². The number of hydrogen-bond donors (Lipinski definition) is 0. The van der Waals surface area contributed by atoms with Crippen LogP contribution in [0.25, 0.3) is 0 Å². The fraction of sp³-hybridized carbons (Fsp3) is 0.333. The van der Waals surface area contributed by atoms with Crippen LogP contribution in [0, 0.1) is 5.92 Å². The Bertz CT molecular complexity index is 452. The number of esters is 1. The maximum absolute atomic E-state index is 11.6. The number of hydrogen-bond acceptors (Lipinski definition) is 3. The lowest BCUT2D eigenvalue weighted by molar-refractivity contribution is -0.136. The van der Waals surface area contributed by atoms with Crippen LogP contribution in [0.2, 0.25) is 0 Å². The average Bonchev–Trinajstić information content (AvgIpc) is 2.78. The van der Waals surface area contributed by atoms with Crippen molar-refractivity contribution in [1.82, 2.24) is 0 Å². The number of carbonyl (C=O) groups excluding carboxylic acids is 1. The van der Waals surface area contributed by atoms with Crippen LogP contribution >= 0.6 is 0 Å². The summed E-state index contributed by atoms with van der Waals surface area (Å²) in [6.45, 7) is 2.03. The molecule has 0 amide bonds. The lowest BCUT2D eigenvalue weighted by Crippen LogP contribution is -2.18. The first kappa shape index (κ1) is 8.65. The minimum Gasteiger partial charge on any atom is -0.405 e. The van der Waals surface area contributed by atoms with Crippen molar-refractivity contribution in [1.29, 1.82) is 0 Å². The Morgan fingerprint density at radius 2 is 2.07 bits per heavy atom. The Morgan fingerprint density at radius 3 is 2.60 bits per heavy atom. The quantitative estimate of drug-likeness (QED) is 0.649. The highest BCUT2D eigenvalue weighted by Crippen LogP contribution is 2.50. The molecule has 0 saturated heterocycles. The second kappa shape index (κ2) is 2.69. The molecule has 1 aliphatic carbocycles. The number of cyclic esters (lactones) is 1. The van der Waals surface area contributed by atoms with Crippen molar-refractivity contribution in [2.75, 3.05) is 0 Å². The molecule has 1 aromatic rings. The molecular formula is C12H11NO2. The van der Waals surface area contributed by atoms with Gasteiger partial charge in [-0.15, -0.1) is 0 Å². The van der Waals surface area contributed by atoms with Gasteiger partial charge < -0.3 is 4.74 Å². The van der Waals surface area contributed by atoms with E-state index in [2.05, 4.69) is 4.99 Å². The number of rotatable bonds is 1. The first-order valence-electron chi connectivity index (χ1n) is 5.10. The average molecular weight is 201 g/mol. The molecule has 1 fully saturated rings. The number of aliphatic imine (C=N–C) groups is 1. The third-order valence-electron chi connectivity index (χ3n) is 3.14. The van der Waals surface area contributed by atoms with Crippen LogP contribution in [0.3, 0.4) is 0 Å². The molecule has 2 aliphatic rings. The molecule has 0 radical (unpaired) electrons. The number of benzene rings is 1. The molecule has 1 aromatic carbocycles. The minimum absolute atomic E-state index is 0.186. The molecule has 3 heteroatoms. The predicted octanol–water partition coefficient (Wildman–Crippen LogP) is 1.77. The van der Waals surface area contributed by atoms with E-state index in [4.69, 9.17) is 4.74 Å². The fourth-order valence-electron chi connectivity index (χ4n) is 1.98. The van der Waals surface area contributed by atoms with E-state index in [-0.39, 0.29) is 5.97 Å². The topological polar surface area (TPSA) is 38.7 Å². The summed E-state index contributed by atoms with van der Waals surface area (Å²) in [5, 5.41) is 0. The minimum atomic E-state index is -0.537. The van der Waals surface area contributed by atoms with Crippen molar-refractivity contribution in [3.63, 3.8) is 0 Å². The third kappa shape index (κ3) is 1.12. The van der Waals surface area contributed by atoms with Crippen molar-refractivity contribution in [2.24, 2.45) is 10.9 Å². The molecule has 3 nitrogen and oxygen atoms in total. The van der Waals surface area contributed by atoms with Crippen molar-refractivity contribution in [2.45, 2.75) is 18.9 Å². The highest BCUT2D eigenvalue weighted by molar-refractivity contribution is 6.09. The van der Waals surface area contributed by atoms with Crippen LogP contribution in [0.5, 0.6) is 0 Å². The van der Waals surface area contributed by atoms with Gasteiger partial charge in [-0.2, -0.15) is 0 Å². The molecule has 0 unspecified atom stereocenters. The van der Waals surface area contributed by atoms with Crippen LogP contribution in [-0.4, -0.2) is 17.4 Å². The van der Waals surface area contributed by atoms with Gasteiger partial charge in [-0.05, 0) is 24.5 Å². The van der Waals surface area contributed by atoms with E-state index in [0.717, 1.165) is 12.0 Å². The van der Waals surface area contributed by atoms with Gasteiger partial charge in [0.2, 0.25) is 5.90 Å². The molecule has 1 spiro atoms. The molecule has 1 heterocycles. The van der Waals surface area contributed by atoms with Gasteiger partial charge in [0.15, 0.2) is 5.54 Å². The SMILES string of the molecule is C[C@H]1C[C@]12N=C(c1ccccc1)OC2=O. The largest absolute Gasteiger partial charge is 0.405 e. The summed E-state index contributed by atoms with van der Waals surface area (Å²) in [5.41, 5.74) is 0.340. The van der Waals surface area contributed by atoms with Crippen LogP contribution in [0.15, 0.2) is 35.3 Å². The van der Waals surface area contributed by atoms with Gasteiger partial charge in [0.25, 0.3) is 0 Å². The fourth-order valence-corrected chi connectivity index (χ4v) is 1.98. The van der Waals surface area contributed by atoms with E-state index in [1.165, 1.54) is 0 Å². The summed E-state index contributed by atoms with van der Waals surface area (Å²) in [7, 11) is 0. The van der Waals surface area contributed by atoms with Gasteiger partial charge in [-0.1, -0.05) is 25.1 Å². The maximum Gasteiger partial charge on any atom is 0.341 e. The third-order valence-corrected chi connectivity index (χ3v) is 3.14. The van der Waals surface area contributed by atoms with Gasteiger partial charge in [0.05, 0.1) is 0 Å². The lowest BCUT2D eigenvalue weighted by Gasteiger charge is -1.98. The van der Waals surface area contributed by atoms with Crippen LogP contribution in [-0.2, 0) is 9.53 Å². The molecule has 0 bridgehead atoms. The first-order chi connectivity index (χ1) is 7.22. The molecule has 76 valence electrons. The van der Waals surface area contributed by atoms with Crippen LogP contribution in [0.1, 0.15) is 18.9 Å². The van der Waals surface area contributed by atoms with Gasteiger partial charge in [-0.25, -0.2) is 9.79 Å². The van der Waals surface area contributed by atoms with Gasteiger partial charge in [0.1, 0.15) is 0 Å². The highest BCUT2D eigenvalue weighted by Gasteiger charge is 2.62. The van der Waals surface area contributed by atoms with Gasteiger partial charge in [-0.3, -0.25) is 0 Å². The van der Waals surface area contributed by atoms with Crippen molar-refractivity contribution in [3.05, 3.63) is 35.9 Å². The Kier molecular flexibility index (Phi) is 1.55. The van der Waals surface area contributed by atoms with E-state index in [9.17, 15) is 4.79 Å². The number of nitrogens with zero attached hydrogens (tertiary/aromatic N) is 1. The maximum atomic E-state index is 11.6. The molecule has 0 aromatic heterocycles. The highest BCUT2D eigenvalue weighted by atomic mass is 16.6. The molecule has 2 atom stereocenters. The van der Waals surface area contributed by atoms with E-state index < -0.39 is 5.54 Å². The lowest BCUT2D eigenvalue weighted by atomic mass is 10.2. The summed E-state index contributed by atoms with van der Waals surface area (Å²) in [6, 6.07) is 9.55. The summed E-state index contributed by atoms with van der Waals surface area (Å²) < 4.78 is 5.21. The van der Waals surface area contributed by atoms with E-state index in [1.807, 2.05) is 37.3 Å². The number of ether oxygens (including phenoxy) is 1. The molecular weight excluding hydrogens is 190 g/mol.